The molecule has 8 heteroatoms. The molecule has 0 atom stereocenters. The number of amides is 1. The fraction of sp³-hybridized carbons (Fsp3) is 0.222. The van der Waals surface area contributed by atoms with Gasteiger partial charge in [0.1, 0.15) is 6.61 Å². The molecule has 0 saturated heterocycles. The van der Waals surface area contributed by atoms with E-state index in [1.807, 2.05) is 6.92 Å². The highest BCUT2D eigenvalue weighted by atomic mass is 35.5. The van der Waals surface area contributed by atoms with E-state index in [9.17, 15) is 19.7 Å². The zero-order valence-corrected chi connectivity index (χ0v) is 14.8. The predicted octanol–water partition coefficient (Wildman–Crippen LogP) is 4.02. The van der Waals surface area contributed by atoms with E-state index < -0.39 is 10.9 Å². The van der Waals surface area contributed by atoms with Gasteiger partial charge in [-0.3, -0.25) is 19.7 Å². The molecule has 0 bridgehead atoms. The van der Waals surface area contributed by atoms with Crippen molar-refractivity contribution in [3.8, 4) is 0 Å². The molecule has 7 nitrogen and oxygen atoms in total. The molecule has 2 rings (SSSR count). The normalized spacial score (nSPS) is 10.2. The van der Waals surface area contributed by atoms with Crippen LogP contribution in [0, 0.1) is 17.0 Å². The van der Waals surface area contributed by atoms with Gasteiger partial charge < -0.3 is 10.1 Å². The molecule has 0 heterocycles. The number of halogens is 1. The Morgan fingerprint density at radius 2 is 1.85 bits per heavy atom. The van der Waals surface area contributed by atoms with E-state index in [4.69, 9.17) is 16.3 Å². The molecule has 0 saturated carbocycles. The Bertz CT molecular complexity index is 821. The number of nitrogens with one attached hydrogen (secondary N) is 1. The monoisotopic (exact) mass is 376 g/mol. The highest BCUT2D eigenvalue weighted by molar-refractivity contribution is 6.31. The highest BCUT2D eigenvalue weighted by Crippen LogP contribution is 2.20. The third-order valence-electron chi connectivity index (χ3n) is 3.58. The first kappa shape index (κ1) is 19.4. The van der Waals surface area contributed by atoms with Gasteiger partial charge in [-0.05, 0) is 42.3 Å². The average molecular weight is 377 g/mol. The quantitative estimate of drug-likeness (QED) is 0.447. The summed E-state index contributed by atoms with van der Waals surface area (Å²) in [6.45, 7) is 1.83. The maximum absolute atomic E-state index is 11.9. The molecule has 0 fully saturated rings. The standard InChI is InChI=1S/C18H17ClN2O5/c1-12-2-5-14(19)10-16(12)20-17(22)8-9-18(23)26-11-13-3-6-15(7-4-13)21(24)25/h2-7,10H,8-9,11H2,1H3,(H,20,22). The molecule has 136 valence electrons. The molecule has 0 unspecified atom stereocenters. The highest BCUT2D eigenvalue weighted by Gasteiger charge is 2.11. The van der Waals surface area contributed by atoms with Crippen molar-refractivity contribution < 1.29 is 19.2 Å². The number of anilines is 1. The summed E-state index contributed by atoms with van der Waals surface area (Å²) < 4.78 is 5.06. The van der Waals surface area contributed by atoms with Crippen LogP contribution in [-0.4, -0.2) is 16.8 Å². The lowest BCUT2D eigenvalue weighted by Gasteiger charge is -2.09. The Morgan fingerprint density at radius 1 is 1.15 bits per heavy atom. The maximum Gasteiger partial charge on any atom is 0.306 e. The van der Waals surface area contributed by atoms with Gasteiger partial charge in [0, 0.05) is 29.3 Å². The van der Waals surface area contributed by atoms with Gasteiger partial charge in [0.05, 0.1) is 11.3 Å². The number of nitrogens with zero attached hydrogens (tertiary/aromatic N) is 1. The number of hydrogen-bond acceptors (Lipinski definition) is 5. The predicted molar refractivity (Wildman–Crippen MR) is 96.9 cm³/mol. The number of nitro groups is 1. The van der Waals surface area contributed by atoms with E-state index in [0.717, 1.165) is 5.56 Å². The minimum atomic E-state index is -0.527. The van der Waals surface area contributed by atoms with Gasteiger partial charge in [0.2, 0.25) is 5.91 Å². The van der Waals surface area contributed by atoms with Crippen molar-refractivity contribution in [1.82, 2.24) is 0 Å². The fourth-order valence-corrected chi connectivity index (χ4v) is 2.28. The maximum atomic E-state index is 11.9. The van der Waals surface area contributed by atoms with Gasteiger partial charge in [-0.15, -0.1) is 0 Å². The second kappa shape index (κ2) is 8.96. The Labute approximate surface area is 155 Å². The van der Waals surface area contributed by atoms with E-state index >= 15 is 0 Å². The van der Waals surface area contributed by atoms with Gasteiger partial charge in [0.15, 0.2) is 0 Å². The van der Waals surface area contributed by atoms with Gasteiger partial charge in [-0.2, -0.15) is 0 Å². The summed E-state index contributed by atoms with van der Waals surface area (Å²) in [5.41, 5.74) is 2.06. The van der Waals surface area contributed by atoms with Crippen LogP contribution in [0.4, 0.5) is 11.4 Å². The zero-order chi connectivity index (χ0) is 19.1. The van der Waals surface area contributed by atoms with Crippen LogP contribution < -0.4 is 5.32 Å². The number of carbonyl (C=O) groups is 2. The molecule has 0 aromatic heterocycles. The molecular weight excluding hydrogens is 360 g/mol. The molecule has 1 N–H and O–H groups in total. The Hall–Kier alpha value is -2.93. The summed E-state index contributed by atoms with van der Waals surface area (Å²) in [7, 11) is 0. The van der Waals surface area contributed by atoms with Crippen LogP contribution in [0.25, 0.3) is 0 Å². The number of ether oxygens (including phenoxy) is 1. The van der Waals surface area contributed by atoms with Crippen LogP contribution >= 0.6 is 11.6 Å². The van der Waals surface area contributed by atoms with Crippen molar-refractivity contribution in [1.29, 1.82) is 0 Å². The Balaban J connectivity index is 1.76. The fourth-order valence-electron chi connectivity index (χ4n) is 2.11. The molecule has 2 aromatic rings. The van der Waals surface area contributed by atoms with Crippen molar-refractivity contribution in [3.05, 3.63) is 68.7 Å². The number of esters is 1. The minimum absolute atomic E-state index is 0.00809. The lowest BCUT2D eigenvalue weighted by atomic mass is 10.2. The lowest BCUT2D eigenvalue weighted by molar-refractivity contribution is -0.384. The summed E-state index contributed by atoms with van der Waals surface area (Å²) in [6.07, 6.45) is -0.0938. The molecule has 0 aliphatic rings. The number of benzene rings is 2. The van der Waals surface area contributed by atoms with Crippen LogP contribution in [0.1, 0.15) is 24.0 Å². The second-order valence-electron chi connectivity index (χ2n) is 5.59. The molecule has 0 aliphatic heterocycles. The van der Waals surface area contributed by atoms with Crippen LogP contribution in [0.15, 0.2) is 42.5 Å². The van der Waals surface area contributed by atoms with Crippen molar-refractivity contribution in [2.45, 2.75) is 26.4 Å². The largest absolute Gasteiger partial charge is 0.461 e. The number of nitro benzene ring substituents is 1. The van der Waals surface area contributed by atoms with E-state index in [1.165, 1.54) is 24.3 Å². The van der Waals surface area contributed by atoms with Crippen LogP contribution in [0.3, 0.4) is 0 Å². The van der Waals surface area contributed by atoms with E-state index in [1.54, 1.807) is 18.2 Å². The third-order valence-corrected chi connectivity index (χ3v) is 3.81. The van der Waals surface area contributed by atoms with Crippen molar-refractivity contribution in [2.24, 2.45) is 0 Å². The topological polar surface area (TPSA) is 98.5 Å². The molecule has 26 heavy (non-hydrogen) atoms. The number of rotatable bonds is 7. The Morgan fingerprint density at radius 3 is 2.50 bits per heavy atom. The molecule has 2 aromatic carbocycles. The van der Waals surface area contributed by atoms with Crippen molar-refractivity contribution in [3.63, 3.8) is 0 Å². The summed E-state index contributed by atoms with van der Waals surface area (Å²) in [5, 5.41) is 13.8. The second-order valence-corrected chi connectivity index (χ2v) is 6.03. The molecule has 0 spiro atoms. The first-order valence-corrected chi connectivity index (χ1v) is 8.18. The number of hydrogen-bond donors (Lipinski definition) is 1. The minimum Gasteiger partial charge on any atom is -0.461 e. The van der Waals surface area contributed by atoms with Gasteiger partial charge >= 0.3 is 5.97 Å². The van der Waals surface area contributed by atoms with Gasteiger partial charge in [-0.1, -0.05) is 17.7 Å². The van der Waals surface area contributed by atoms with Crippen LogP contribution in [0.2, 0.25) is 5.02 Å². The lowest BCUT2D eigenvalue weighted by Crippen LogP contribution is -2.15. The number of non-ortho nitro benzene ring substituents is 1. The average Bonchev–Trinajstić information content (AvgIpc) is 2.61. The number of aryl methyl sites for hydroxylation is 1. The summed E-state index contributed by atoms with van der Waals surface area (Å²) >= 11 is 5.89. The molecule has 0 radical (unpaired) electrons. The summed E-state index contributed by atoms with van der Waals surface area (Å²) in [4.78, 5) is 33.7. The van der Waals surface area contributed by atoms with E-state index in [-0.39, 0.29) is 31.0 Å². The summed E-state index contributed by atoms with van der Waals surface area (Å²) in [6, 6.07) is 10.9. The van der Waals surface area contributed by atoms with Crippen molar-refractivity contribution in [2.75, 3.05) is 5.32 Å². The van der Waals surface area contributed by atoms with Crippen LogP contribution in [0.5, 0.6) is 0 Å². The SMILES string of the molecule is Cc1ccc(Cl)cc1NC(=O)CCC(=O)OCc1ccc([N+](=O)[O-])cc1. The van der Waals surface area contributed by atoms with Crippen molar-refractivity contribution >= 4 is 34.9 Å². The van der Waals surface area contributed by atoms with Gasteiger partial charge in [0.25, 0.3) is 5.69 Å². The molecule has 0 aliphatic carbocycles. The first-order valence-electron chi connectivity index (χ1n) is 7.80. The smallest absolute Gasteiger partial charge is 0.306 e. The third kappa shape index (κ3) is 5.86. The zero-order valence-electron chi connectivity index (χ0n) is 14.0. The van der Waals surface area contributed by atoms with E-state index in [2.05, 4.69) is 5.32 Å². The Kier molecular flexibility index (Phi) is 6.68. The first-order chi connectivity index (χ1) is 12.3. The number of carbonyl (C=O) groups excluding carboxylic acids is 2. The van der Waals surface area contributed by atoms with E-state index in [0.29, 0.717) is 16.3 Å². The van der Waals surface area contributed by atoms with Gasteiger partial charge in [-0.25, -0.2) is 0 Å². The molecule has 1 amide bonds. The molecular formula is C18H17ClN2O5. The van der Waals surface area contributed by atoms with Crippen LogP contribution in [-0.2, 0) is 20.9 Å². The summed E-state index contributed by atoms with van der Waals surface area (Å²) in [5.74, 6) is -0.844.